The van der Waals surface area contributed by atoms with Gasteiger partial charge in [0.25, 0.3) is 0 Å². The van der Waals surface area contributed by atoms with E-state index in [0.29, 0.717) is 11.8 Å². The van der Waals surface area contributed by atoms with Crippen LogP contribution in [0.5, 0.6) is 0 Å². The van der Waals surface area contributed by atoms with E-state index in [1.165, 1.54) is 0 Å². The molecule has 3 N–H and O–H groups in total. The number of carbonyl (C=O) groups is 1. The molecular weight excluding hydrogens is 194 g/mol. The summed E-state index contributed by atoms with van der Waals surface area (Å²) in [7, 11) is 0. The van der Waals surface area contributed by atoms with Gasteiger partial charge in [-0.15, -0.1) is 5.10 Å². The zero-order chi connectivity index (χ0) is 10.7. The highest BCUT2D eigenvalue weighted by atomic mass is 16.2. The predicted molar refractivity (Wildman–Crippen MR) is 55.3 cm³/mol. The summed E-state index contributed by atoms with van der Waals surface area (Å²) in [6.07, 6.45) is 1.98. The van der Waals surface area contributed by atoms with Crippen LogP contribution in [0.4, 0.5) is 5.95 Å². The lowest BCUT2D eigenvalue weighted by atomic mass is 9.99. The SMILES string of the molecule is Cc1nc(NC(=O)C2CCCNC2)n[nH]1. The molecule has 6 heteroatoms. The molecule has 1 atom stereocenters. The van der Waals surface area contributed by atoms with E-state index in [4.69, 9.17) is 0 Å². The topological polar surface area (TPSA) is 82.7 Å². The summed E-state index contributed by atoms with van der Waals surface area (Å²) in [4.78, 5) is 15.8. The maximum atomic E-state index is 11.7. The van der Waals surface area contributed by atoms with Crippen LogP contribution in [0, 0.1) is 12.8 Å². The fourth-order valence-electron chi connectivity index (χ4n) is 1.69. The van der Waals surface area contributed by atoms with Gasteiger partial charge in [-0.05, 0) is 26.3 Å². The number of aromatic amines is 1. The van der Waals surface area contributed by atoms with E-state index in [1.54, 1.807) is 6.92 Å². The highest BCUT2D eigenvalue weighted by molar-refractivity contribution is 5.91. The molecule has 15 heavy (non-hydrogen) atoms. The molecule has 1 aromatic heterocycles. The monoisotopic (exact) mass is 209 g/mol. The molecule has 0 saturated carbocycles. The lowest BCUT2D eigenvalue weighted by Gasteiger charge is -2.20. The first-order chi connectivity index (χ1) is 7.25. The zero-order valence-electron chi connectivity index (χ0n) is 8.71. The molecule has 1 saturated heterocycles. The highest BCUT2D eigenvalue weighted by Crippen LogP contribution is 2.11. The van der Waals surface area contributed by atoms with Gasteiger partial charge in [0.15, 0.2) is 0 Å². The molecule has 0 aliphatic carbocycles. The van der Waals surface area contributed by atoms with Gasteiger partial charge >= 0.3 is 0 Å². The van der Waals surface area contributed by atoms with E-state index in [9.17, 15) is 4.79 Å². The number of hydrogen-bond donors (Lipinski definition) is 3. The average molecular weight is 209 g/mol. The highest BCUT2D eigenvalue weighted by Gasteiger charge is 2.21. The number of piperidine rings is 1. The second-order valence-electron chi connectivity index (χ2n) is 3.78. The molecule has 1 amide bonds. The van der Waals surface area contributed by atoms with Crippen LogP contribution in [-0.2, 0) is 4.79 Å². The van der Waals surface area contributed by atoms with Crippen molar-refractivity contribution in [2.45, 2.75) is 19.8 Å². The Balaban J connectivity index is 1.91. The Labute approximate surface area is 87.9 Å². The molecular formula is C9H15N5O. The molecule has 1 aliphatic rings. The summed E-state index contributed by atoms with van der Waals surface area (Å²) in [5, 5.41) is 12.4. The van der Waals surface area contributed by atoms with Crippen molar-refractivity contribution in [3.8, 4) is 0 Å². The largest absolute Gasteiger partial charge is 0.316 e. The molecule has 2 rings (SSSR count). The Hall–Kier alpha value is -1.43. The van der Waals surface area contributed by atoms with E-state index >= 15 is 0 Å². The first-order valence-corrected chi connectivity index (χ1v) is 5.16. The number of aromatic nitrogens is 3. The number of aryl methyl sites for hydroxylation is 1. The molecule has 0 spiro atoms. The maximum Gasteiger partial charge on any atom is 0.248 e. The number of nitrogens with zero attached hydrogens (tertiary/aromatic N) is 2. The van der Waals surface area contributed by atoms with Gasteiger partial charge in [0.05, 0.1) is 5.92 Å². The van der Waals surface area contributed by atoms with Crippen molar-refractivity contribution < 1.29 is 4.79 Å². The number of amides is 1. The third-order valence-corrected chi connectivity index (χ3v) is 2.50. The second-order valence-corrected chi connectivity index (χ2v) is 3.78. The van der Waals surface area contributed by atoms with Crippen LogP contribution in [-0.4, -0.2) is 34.2 Å². The molecule has 82 valence electrons. The predicted octanol–water partition coefficient (Wildman–Crippen LogP) is 0.0512. The van der Waals surface area contributed by atoms with Crippen molar-refractivity contribution in [3.05, 3.63) is 5.82 Å². The molecule has 2 heterocycles. The van der Waals surface area contributed by atoms with Gasteiger partial charge < -0.3 is 5.32 Å². The molecule has 0 aromatic carbocycles. The summed E-state index contributed by atoms with van der Waals surface area (Å²) >= 11 is 0. The van der Waals surface area contributed by atoms with E-state index < -0.39 is 0 Å². The first kappa shape index (κ1) is 10.1. The normalized spacial score (nSPS) is 21.3. The van der Waals surface area contributed by atoms with Gasteiger partial charge in [0.2, 0.25) is 11.9 Å². The first-order valence-electron chi connectivity index (χ1n) is 5.16. The van der Waals surface area contributed by atoms with Gasteiger partial charge in [0.1, 0.15) is 5.82 Å². The Morgan fingerprint density at radius 3 is 3.07 bits per heavy atom. The van der Waals surface area contributed by atoms with Crippen molar-refractivity contribution in [2.75, 3.05) is 18.4 Å². The summed E-state index contributed by atoms with van der Waals surface area (Å²) in [6.45, 7) is 3.55. The van der Waals surface area contributed by atoms with Crippen LogP contribution in [0.15, 0.2) is 0 Å². The average Bonchev–Trinajstić information content (AvgIpc) is 2.65. The minimum absolute atomic E-state index is 0.00111. The number of carbonyl (C=O) groups excluding carboxylic acids is 1. The molecule has 1 aromatic rings. The molecule has 1 fully saturated rings. The van der Waals surface area contributed by atoms with Crippen LogP contribution in [0.25, 0.3) is 0 Å². The lowest BCUT2D eigenvalue weighted by Crippen LogP contribution is -2.37. The Kier molecular flexibility index (Phi) is 2.96. The van der Waals surface area contributed by atoms with Crippen molar-refractivity contribution in [2.24, 2.45) is 5.92 Å². The standard InChI is InChI=1S/C9H15N5O/c1-6-11-9(14-13-6)12-8(15)7-3-2-4-10-5-7/h7,10H,2-5H2,1H3,(H2,11,12,13,14,15). The van der Waals surface area contributed by atoms with Crippen molar-refractivity contribution in [1.82, 2.24) is 20.5 Å². The van der Waals surface area contributed by atoms with Crippen molar-refractivity contribution in [3.63, 3.8) is 0 Å². The summed E-state index contributed by atoms with van der Waals surface area (Å²) in [6, 6.07) is 0. The van der Waals surface area contributed by atoms with Crippen LogP contribution in [0.1, 0.15) is 18.7 Å². The molecule has 1 aliphatic heterocycles. The van der Waals surface area contributed by atoms with Gasteiger partial charge in [-0.25, -0.2) is 0 Å². The number of nitrogens with one attached hydrogen (secondary N) is 3. The zero-order valence-corrected chi connectivity index (χ0v) is 8.71. The summed E-state index contributed by atoms with van der Waals surface area (Å²) < 4.78 is 0. The van der Waals surface area contributed by atoms with Gasteiger partial charge in [0, 0.05) is 6.54 Å². The third kappa shape index (κ3) is 2.53. The van der Waals surface area contributed by atoms with E-state index in [0.717, 1.165) is 25.9 Å². The molecule has 0 radical (unpaired) electrons. The minimum atomic E-state index is 0.00111. The van der Waals surface area contributed by atoms with Crippen molar-refractivity contribution >= 4 is 11.9 Å². The number of anilines is 1. The van der Waals surface area contributed by atoms with Crippen molar-refractivity contribution in [1.29, 1.82) is 0 Å². The van der Waals surface area contributed by atoms with E-state index in [-0.39, 0.29) is 11.8 Å². The summed E-state index contributed by atoms with van der Waals surface area (Å²) in [5.74, 6) is 1.11. The van der Waals surface area contributed by atoms with E-state index in [1.807, 2.05) is 0 Å². The second kappa shape index (κ2) is 4.39. The fourth-order valence-corrected chi connectivity index (χ4v) is 1.69. The van der Waals surface area contributed by atoms with Gasteiger partial charge in [-0.1, -0.05) is 0 Å². The number of H-pyrrole nitrogens is 1. The van der Waals surface area contributed by atoms with Crippen LogP contribution >= 0.6 is 0 Å². The Morgan fingerprint density at radius 2 is 2.47 bits per heavy atom. The molecule has 6 nitrogen and oxygen atoms in total. The number of rotatable bonds is 2. The smallest absolute Gasteiger partial charge is 0.248 e. The van der Waals surface area contributed by atoms with Crippen LogP contribution in [0.2, 0.25) is 0 Å². The third-order valence-electron chi connectivity index (χ3n) is 2.50. The quantitative estimate of drug-likeness (QED) is 0.642. The Bertz CT molecular complexity index is 342. The molecule has 0 bridgehead atoms. The lowest BCUT2D eigenvalue weighted by molar-refractivity contribution is -0.120. The van der Waals surface area contributed by atoms with Crippen LogP contribution < -0.4 is 10.6 Å². The van der Waals surface area contributed by atoms with Gasteiger partial charge in [-0.2, -0.15) is 4.98 Å². The van der Waals surface area contributed by atoms with E-state index in [2.05, 4.69) is 25.8 Å². The number of hydrogen-bond acceptors (Lipinski definition) is 4. The molecule has 1 unspecified atom stereocenters. The maximum absolute atomic E-state index is 11.7. The Morgan fingerprint density at radius 1 is 1.60 bits per heavy atom. The minimum Gasteiger partial charge on any atom is -0.316 e. The van der Waals surface area contributed by atoms with Crippen LogP contribution in [0.3, 0.4) is 0 Å². The fraction of sp³-hybridized carbons (Fsp3) is 0.667. The van der Waals surface area contributed by atoms with Gasteiger partial charge in [-0.3, -0.25) is 15.2 Å². The summed E-state index contributed by atoms with van der Waals surface area (Å²) in [5.41, 5.74) is 0.